The van der Waals surface area contributed by atoms with E-state index in [4.69, 9.17) is 10.2 Å². The minimum absolute atomic E-state index is 0.721. The van der Waals surface area contributed by atoms with Crippen LogP contribution in [0.3, 0.4) is 0 Å². The third-order valence-corrected chi connectivity index (χ3v) is 1.78. The van der Waals surface area contributed by atoms with Gasteiger partial charge in [0.05, 0.1) is 6.26 Å². The van der Waals surface area contributed by atoms with Crippen LogP contribution in [0.2, 0.25) is 0 Å². The Bertz CT molecular complexity index is 543. The Hall–Kier alpha value is -3.15. The van der Waals surface area contributed by atoms with Crippen molar-refractivity contribution in [2.24, 2.45) is 0 Å². The molecule has 6 heteroatoms. The van der Waals surface area contributed by atoms with E-state index >= 15 is 0 Å². The van der Waals surface area contributed by atoms with E-state index in [2.05, 4.69) is 11.3 Å². The van der Waals surface area contributed by atoms with Gasteiger partial charge < -0.3 is 14.9 Å². The molecule has 0 aliphatic rings. The number of carbonyl (C=O) groups is 3. The molecule has 21 heavy (non-hydrogen) atoms. The Morgan fingerprint density at radius 3 is 2.05 bits per heavy atom. The van der Waals surface area contributed by atoms with Gasteiger partial charge in [0.2, 0.25) is 0 Å². The SMILES string of the molecule is C=CC(=O)O.O=C(O)/C=C\C(=O)OC=Cc1ccccc1. The molecule has 0 atom stereocenters. The molecule has 0 aromatic heterocycles. The molecule has 1 rings (SSSR count). The molecule has 0 radical (unpaired) electrons. The largest absolute Gasteiger partial charge is 0.478 e. The fraction of sp³-hybridized carbons (Fsp3) is 0. The maximum Gasteiger partial charge on any atom is 0.335 e. The predicted octanol–water partition coefficient (Wildman–Crippen LogP) is 2.10. The van der Waals surface area contributed by atoms with Gasteiger partial charge in [0.1, 0.15) is 0 Å². The molecule has 110 valence electrons. The number of rotatable bonds is 5. The molecule has 0 bridgehead atoms. The van der Waals surface area contributed by atoms with Crippen molar-refractivity contribution in [3.05, 3.63) is 67.0 Å². The van der Waals surface area contributed by atoms with Crippen LogP contribution in [0.15, 0.2) is 61.4 Å². The number of hydrogen-bond donors (Lipinski definition) is 2. The number of carbonyl (C=O) groups excluding carboxylic acids is 1. The number of esters is 1. The maximum absolute atomic E-state index is 10.9. The van der Waals surface area contributed by atoms with Gasteiger partial charge in [-0.3, -0.25) is 0 Å². The summed E-state index contributed by atoms with van der Waals surface area (Å²) in [4.78, 5) is 30.3. The quantitative estimate of drug-likeness (QED) is 0.489. The van der Waals surface area contributed by atoms with Crippen LogP contribution in [0.25, 0.3) is 6.08 Å². The first-order valence-electron chi connectivity index (χ1n) is 5.64. The number of carboxylic acids is 2. The third-order valence-electron chi connectivity index (χ3n) is 1.78. The zero-order valence-corrected chi connectivity index (χ0v) is 11.0. The molecule has 0 spiro atoms. The van der Waals surface area contributed by atoms with E-state index < -0.39 is 17.9 Å². The van der Waals surface area contributed by atoms with Crippen LogP contribution in [0, 0.1) is 0 Å². The number of ether oxygens (including phenoxy) is 1. The molecule has 2 N–H and O–H groups in total. The summed E-state index contributed by atoms with van der Waals surface area (Å²) >= 11 is 0. The summed E-state index contributed by atoms with van der Waals surface area (Å²) in [6.45, 7) is 2.96. The molecule has 0 unspecified atom stereocenters. The molecular weight excluding hydrogens is 276 g/mol. The Morgan fingerprint density at radius 1 is 1.00 bits per heavy atom. The highest BCUT2D eigenvalue weighted by molar-refractivity contribution is 5.91. The topological polar surface area (TPSA) is 101 Å². The minimum atomic E-state index is -1.19. The first-order valence-corrected chi connectivity index (χ1v) is 5.64. The molecular formula is C15H14O6. The van der Waals surface area contributed by atoms with Crippen LogP contribution < -0.4 is 0 Å². The number of benzene rings is 1. The lowest BCUT2D eigenvalue weighted by Crippen LogP contribution is -1.96. The summed E-state index contributed by atoms with van der Waals surface area (Å²) < 4.78 is 4.63. The van der Waals surface area contributed by atoms with Gasteiger partial charge in [0, 0.05) is 18.2 Å². The van der Waals surface area contributed by atoms with E-state index in [9.17, 15) is 14.4 Å². The molecule has 0 aliphatic carbocycles. The molecule has 0 aliphatic heterocycles. The summed E-state index contributed by atoms with van der Waals surface area (Å²) in [5.74, 6) is -2.90. The number of hydrogen-bond acceptors (Lipinski definition) is 4. The lowest BCUT2D eigenvalue weighted by molar-refractivity contribution is -0.134. The highest BCUT2D eigenvalue weighted by Gasteiger charge is 1.94. The monoisotopic (exact) mass is 290 g/mol. The van der Waals surface area contributed by atoms with Gasteiger partial charge in [-0.05, 0) is 11.6 Å². The Morgan fingerprint density at radius 2 is 1.57 bits per heavy atom. The highest BCUT2D eigenvalue weighted by atomic mass is 16.5. The zero-order chi connectivity index (χ0) is 16.1. The van der Waals surface area contributed by atoms with Crippen LogP contribution in [-0.4, -0.2) is 28.1 Å². The maximum atomic E-state index is 10.9. The van der Waals surface area contributed by atoms with Crippen LogP contribution in [-0.2, 0) is 19.1 Å². The number of carboxylic acid groups (broad SMARTS) is 2. The molecule has 6 nitrogen and oxygen atoms in total. The van der Waals surface area contributed by atoms with Crippen molar-refractivity contribution in [2.75, 3.05) is 0 Å². The van der Waals surface area contributed by atoms with Crippen molar-refractivity contribution in [1.82, 2.24) is 0 Å². The van der Waals surface area contributed by atoms with E-state index in [-0.39, 0.29) is 0 Å². The molecule has 0 heterocycles. The zero-order valence-electron chi connectivity index (χ0n) is 11.0. The second kappa shape index (κ2) is 10.7. The highest BCUT2D eigenvalue weighted by Crippen LogP contribution is 2.00. The lowest BCUT2D eigenvalue weighted by atomic mass is 10.2. The molecule has 0 saturated heterocycles. The van der Waals surface area contributed by atoms with Crippen molar-refractivity contribution in [1.29, 1.82) is 0 Å². The van der Waals surface area contributed by atoms with Gasteiger partial charge in [-0.25, -0.2) is 14.4 Å². The summed E-state index contributed by atoms with van der Waals surface area (Å²) in [6, 6.07) is 9.27. The molecule has 1 aromatic rings. The summed E-state index contributed by atoms with van der Waals surface area (Å²) in [5.41, 5.74) is 0.887. The first kappa shape index (κ1) is 17.8. The van der Waals surface area contributed by atoms with Gasteiger partial charge in [0.25, 0.3) is 0 Å². The van der Waals surface area contributed by atoms with Crippen LogP contribution in [0.5, 0.6) is 0 Å². The van der Waals surface area contributed by atoms with Crippen molar-refractivity contribution >= 4 is 24.0 Å². The van der Waals surface area contributed by atoms with E-state index in [0.717, 1.165) is 23.8 Å². The fourth-order valence-electron chi connectivity index (χ4n) is 0.922. The van der Waals surface area contributed by atoms with Crippen molar-refractivity contribution < 1.29 is 29.3 Å². The molecule has 0 saturated carbocycles. The summed E-state index contributed by atoms with van der Waals surface area (Å²) in [6.07, 6.45) is 5.22. The summed E-state index contributed by atoms with van der Waals surface area (Å²) in [5, 5.41) is 15.9. The van der Waals surface area contributed by atoms with Gasteiger partial charge >= 0.3 is 17.9 Å². The number of aliphatic carboxylic acids is 2. The smallest absolute Gasteiger partial charge is 0.335 e. The lowest BCUT2D eigenvalue weighted by Gasteiger charge is -1.93. The van der Waals surface area contributed by atoms with Gasteiger partial charge in [-0.1, -0.05) is 36.9 Å². The third kappa shape index (κ3) is 11.7. The summed E-state index contributed by atoms with van der Waals surface area (Å²) in [7, 11) is 0. The van der Waals surface area contributed by atoms with E-state index in [1.54, 1.807) is 6.08 Å². The Kier molecular flexibility index (Phi) is 9.13. The average Bonchev–Trinajstić information content (AvgIpc) is 2.47. The Labute approximate surface area is 121 Å². The second-order valence-electron chi connectivity index (χ2n) is 3.36. The average molecular weight is 290 g/mol. The van der Waals surface area contributed by atoms with Crippen LogP contribution in [0.1, 0.15) is 5.56 Å². The van der Waals surface area contributed by atoms with E-state index in [0.29, 0.717) is 0 Å². The normalized spacial score (nSPS) is 9.71. The predicted molar refractivity (Wildman–Crippen MR) is 76.2 cm³/mol. The standard InChI is InChI=1S/C12H10O4.C3H4O2/c13-11(14)6-7-12(15)16-9-8-10-4-2-1-3-5-10;1-2-3(4)5/h1-9H,(H,13,14);2H,1H2,(H,4,5)/b7-6-,9-8?;. The van der Waals surface area contributed by atoms with Gasteiger partial charge in [-0.15, -0.1) is 0 Å². The fourth-order valence-corrected chi connectivity index (χ4v) is 0.922. The van der Waals surface area contributed by atoms with Crippen LogP contribution in [0.4, 0.5) is 0 Å². The van der Waals surface area contributed by atoms with Gasteiger partial charge in [0.15, 0.2) is 0 Å². The van der Waals surface area contributed by atoms with E-state index in [1.807, 2.05) is 30.3 Å². The second-order valence-corrected chi connectivity index (χ2v) is 3.36. The van der Waals surface area contributed by atoms with Crippen molar-refractivity contribution in [2.45, 2.75) is 0 Å². The minimum Gasteiger partial charge on any atom is -0.478 e. The first-order chi connectivity index (χ1) is 9.95. The Balaban J connectivity index is 0.000000690. The molecule has 0 fully saturated rings. The van der Waals surface area contributed by atoms with Crippen molar-refractivity contribution in [3.8, 4) is 0 Å². The van der Waals surface area contributed by atoms with Gasteiger partial charge in [-0.2, -0.15) is 0 Å². The molecule has 1 aromatic carbocycles. The van der Waals surface area contributed by atoms with Crippen molar-refractivity contribution in [3.63, 3.8) is 0 Å². The van der Waals surface area contributed by atoms with Crippen LogP contribution >= 0.6 is 0 Å². The van der Waals surface area contributed by atoms with E-state index in [1.165, 1.54) is 6.26 Å². The molecule has 0 amide bonds.